The summed E-state index contributed by atoms with van der Waals surface area (Å²) in [6, 6.07) is 3.83. The highest BCUT2D eigenvalue weighted by Crippen LogP contribution is 2.38. The molecule has 184 valence electrons. The third kappa shape index (κ3) is 4.93. The second kappa shape index (κ2) is 9.49. The SMILES string of the molecule is CCCN1C(=O)OC(CC(=O)O)c2cc(NS(=O)(=O)Cc3c(F)c(F)c(C)c(F)c3F)ccc21. The molecule has 8 nitrogen and oxygen atoms in total. The fraction of sp³-hybridized carbons (Fsp3) is 0.333. The zero-order valence-electron chi connectivity index (χ0n) is 18.0. The first-order chi connectivity index (χ1) is 15.9. The van der Waals surface area contributed by atoms with Crippen molar-refractivity contribution in [3.05, 3.63) is 58.2 Å². The van der Waals surface area contributed by atoms with Gasteiger partial charge in [-0.05, 0) is 31.5 Å². The molecule has 1 atom stereocenters. The summed E-state index contributed by atoms with van der Waals surface area (Å²) in [5.41, 5.74) is -1.86. The highest BCUT2D eigenvalue weighted by Gasteiger charge is 2.34. The van der Waals surface area contributed by atoms with Crippen molar-refractivity contribution in [2.24, 2.45) is 0 Å². The van der Waals surface area contributed by atoms with Crippen LogP contribution in [0, 0.1) is 30.2 Å². The summed E-state index contributed by atoms with van der Waals surface area (Å²) in [5, 5.41) is 9.13. The number of carbonyl (C=O) groups excluding carboxylic acids is 1. The van der Waals surface area contributed by atoms with E-state index in [9.17, 15) is 35.6 Å². The van der Waals surface area contributed by atoms with Crippen LogP contribution in [-0.2, 0) is 25.3 Å². The van der Waals surface area contributed by atoms with Crippen LogP contribution in [0.25, 0.3) is 0 Å². The molecular weight excluding hydrogens is 484 g/mol. The van der Waals surface area contributed by atoms with Crippen LogP contribution in [0.5, 0.6) is 0 Å². The number of hydrogen-bond donors (Lipinski definition) is 2. The first-order valence-electron chi connectivity index (χ1n) is 10.0. The molecule has 3 rings (SSSR count). The Bertz CT molecular complexity index is 1240. The van der Waals surface area contributed by atoms with E-state index in [4.69, 9.17) is 9.84 Å². The largest absolute Gasteiger partial charge is 0.481 e. The lowest BCUT2D eigenvalue weighted by Gasteiger charge is -2.33. The molecule has 0 saturated heterocycles. The number of rotatable bonds is 8. The molecule has 34 heavy (non-hydrogen) atoms. The topological polar surface area (TPSA) is 113 Å². The van der Waals surface area contributed by atoms with E-state index in [0.717, 1.165) is 6.92 Å². The summed E-state index contributed by atoms with van der Waals surface area (Å²) in [5.74, 6) is -9.73. The molecule has 0 radical (unpaired) electrons. The van der Waals surface area contributed by atoms with Gasteiger partial charge in [0, 0.05) is 28.9 Å². The predicted molar refractivity (Wildman–Crippen MR) is 113 cm³/mol. The molecule has 0 spiro atoms. The fourth-order valence-electron chi connectivity index (χ4n) is 3.53. The van der Waals surface area contributed by atoms with Crippen LogP contribution < -0.4 is 9.62 Å². The maximum absolute atomic E-state index is 14.1. The summed E-state index contributed by atoms with van der Waals surface area (Å²) in [7, 11) is -4.58. The van der Waals surface area contributed by atoms with Crippen molar-refractivity contribution in [3.63, 3.8) is 0 Å². The average Bonchev–Trinajstić information content (AvgIpc) is 2.76. The van der Waals surface area contributed by atoms with E-state index in [2.05, 4.69) is 0 Å². The Morgan fingerprint density at radius 1 is 1.15 bits per heavy atom. The summed E-state index contributed by atoms with van der Waals surface area (Å²) < 4.78 is 88.2. The number of ether oxygens (including phenoxy) is 1. The lowest BCUT2D eigenvalue weighted by Crippen LogP contribution is -2.38. The number of halogens is 4. The summed E-state index contributed by atoms with van der Waals surface area (Å²) >= 11 is 0. The lowest BCUT2D eigenvalue weighted by atomic mass is 10.0. The van der Waals surface area contributed by atoms with E-state index >= 15 is 0 Å². The number of carbonyl (C=O) groups is 2. The Hall–Kier alpha value is -3.35. The Morgan fingerprint density at radius 3 is 2.32 bits per heavy atom. The second-order valence-corrected chi connectivity index (χ2v) is 9.34. The summed E-state index contributed by atoms with van der Waals surface area (Å²) in [6.45, 7) is 2.86. The van der Waals surface area contributed by atoms with Gasteiger partial charge in [0.2, 0.25) is 10.0 Å². The van der Waals surface area contributed by atoms with Gasteiger partial charge in [0.25, 0.3) is 0 Å². The van der Waals surface area contributed by atoms with Crippen molar-refractivity contribution in [1.29, 1.82) is 0 Å². The number of sulfonamides is 1. The Morgan fingerprint density at radius 2 is 1.76 bits per heavy atom. The molecule has 0 bridgehead atoms. The third-order valence-corrected chi connectivity index (χ3v) is 6.33. The molecular formula is C21H20F4N2O6S. The Balaban J connectivity index is 1.96. The number of hydrogen-bond acceptors (Lipinski definition) is 5. The van der Waals surface area contributed by atoms with Crippen LogP contribution in [0.3, 0.4) is 0 Å². The van der Waals surface area contributed by atoms with Gasteiger partial charge < -0.3 is 9.84 Å². The van der Waals surface area contributed by atoms with Gasteiger partial charge in [-0.2, -0.15) is 0 Å². The monoisotopic (exact) mass is 504 g/mol. The molecule has 0 fully saturated rings. The van der Waals surface area contributed by atoms with E-state index in [1.165, 1.54) is 23.1 Å². The number of amides is 1. The predicted octanol–water partition coefficient (Wildman–Crippen LogP) is 4.38. The molecule has 0 aromatic heterocycles. The minimum atomic E-state index is -4.58. The molecule has 1 aliphatic rings. The quantitative estimate of drug-likeness (QED) is 0.408. The molecule has 0 aliphatic carbocycles. The first-order valence-corrected chi connectivity index (χ1v) is 11.7. The zero-order valence-corrected chi connectivity index (χ0v) is 18.8. The number of cyclic esters (lactones) is 1. The number of aliphatic carboxylic acids is 1. The van der Waals surface area contributed by atoms with Gasteiger partial charge in [-0.15, -0.1) is 0 Å². The van der Waals surface area contributed by atoms with Crippen LogP contribution in [0.2, 0.25) is 0 Å². The molecule has 1 unspecified atom stereocenters. The molecule has 2 aromatic carbocycles. The van der Waals surface area contributed by atoms with E-state index < -0.39 is 74.8 Å². The Labute approximate surface area is 192 Å². The first kappa shape index (κ1) is 25.3. The van der Waals surface area contributed by atoms with Gasteiger partial charge >= 0.3 is 12.1 Å². The van der Waals surface area contributed by atoms with E-state index in [1.54, 1.807) is 6.92 Å². The summed E-state index contributed by atoms with van der Waals surface area (Å²) in [4.78, 5) is 24.7. The highest BCUT2D eigenvalue weighted by molar-refractivity contribution is 7.91. The van der Waals surface area contributed by atoms with Gasteiger partial charge in [-0.1, -0.05) is 6.92 Å². The van der Waals surface area contributed by atoms with Crippen LogP contribution in [-0.4, -0.2) is 32.1 Å². The number of carboxylic acid groups (broad SMARTS) is 1. The maximum Gasteiger partial charge on any atom is 0.414 e. The van der Waals surface area contributed by atoms with Crippen molar-refractivity contribution in [1.82, 2.24) is 0 Å². The summed E-state index contributed by atoms with van der Waals surface area (Å²) in [6.07, 6.45) is -2.02. The van der Waals surface area contributed by atoms with Crippen LogP contribution in [0.15, 0.2) is 18.2 Å². The third-order valence-electron chi connectivity index (χ3n) is 5.12. The van der Waals surface area contributed by atoms with Crippen molar-refractivity contribution in [2.75, 3.05) is 16.2 Å². The number of nitrogens with zero attached hydrogens (tertiary/aromatic N) is 1. The number of benzene rings is 2. The minimum Gasteiger partial charge on any atom is -0.481 e. The second-order valence-electron chi connectivity index (χ2n) is 7.62. The van der Waals surface area contributed by atoms with E-state index in [1.807, 2.05) is 4.72 Å². The smallest absolute Gasteiger partial charge is 0.414 e. The Kier molecular flexibility index (Phi) is 7.05. The standard InChI is InChI=1S/C21H20F4N2O6S/c1-3-6-27-14-5-4-11(7-12(14)15(8-16(28)29)33-21(27)30)26-34(31,32)9-13-19(24)17(22)10(2)18(23)20(13)25/h4-5,7,15,26H,3,6,8-9H2,1-2H3,(H,28,29). The number of anilines is 2. The minimum absolute atomic E-state index is 0.141. The van der Waals surface area contributed by atoms with Crippen LogP contribution >= 0.6 is 0 Å². The lowest BCUT2D eigenvalue weighted by molar-refractivity contribution is -0.139. The molecule has 2 aromatic rings. The maximum atomic E-state index is 14.1. The van der Waals surface area contributed by atoms with Gasteiger partial charge in [0.05, 0.1) is 12.1 Å². The van der Waals surface area contributed by atoms with Crippen LogP contribution in [0.1, 0.15) is 42.6 Å². The highest BCUT2D eigenvalue weighted by atomic mass is 32.2. The van der Waals surface area contributed by atoms with Gasteiger partial charge in [0.1, 0.15) is 11.9 Å². The number of fused-ring (bicyclic) bond motifs is 1. The van der Waals surface area contributed by atoms with Crippen LogP contribution in [0.4, 0.5) is 33.7 Å². The van der Waals surface area contributed by atoms with E-state index in [0.29, 0.717) is 12.1 Å². The molecule has 13 heteroatoms. The van der Waals surface area contributed by atoms with Crippen molar-refractivity contribution in [2.45, 2.75) is 38.5 Å². The van der Waals surface area contributed by atoms with E-state index in [-0.39, 0.29) is 17.8 Å². The molecule has 1 aliphatic heterocycles. The number of nitrogens with one attached hydrogen (secondary N) is 1. The normalized spacial score (nSPS) is 15.6. The zero-order chi connectivity index (χ0) is 25.4. The molecule has 1 heterocycles. The van der Waals surface area contributed by atoms with Crippen molar-refractivity contribution in [3.8, 4) is 0 Å². The fourth-order valence-corrected chi connectivity index (χ4v) is 4.73. The van der Waals surface area contributed by atoms with Gasteiger partial charge in [0.15, 0.2) is 23.3 Å². The molecule has 0 saturated carbocycles. The molecule has 1 amide bonds. The molecule has 2 N–H and O–H groups in total. The van der Waals surface area contributed by atoms with Crippen molar-refractivity contribution < 1.29 is 45.4 Å². The number of carboxylic acids is 1. The average molecular weight is 504 g/mol. The van der Waals surface area contributed by atoms with Gasteiger partial charge in [-0.25, -0.2) is 30.8 Å². The van der Waals surface area contributed by atoms with Gasteiger partial charge in [-0.3, -0.25) is 14.4 Å². The van der Waals surface area contributed by atoms with Crippen molar-refractivity contribution >= 4 is 33.5 Å².